The molecule has 3 aromatic rings. The van der Waals surface area contributed by atoms with E-state index < -0.39 is 0 Å². The first kappa shape index (κ1) is 26.0. The molecule has 2 aromatic carbocycles. The Labute approximate surface area is 220 Å². The average Bonchev–Trinajstić information content (AvgIpc) is 2.92. The Balaban J connectivity index is 1.68. The Bertz CT molecular complexity index is 1300. The van der Waals surface area contributed by atoms with Crippen molar-refractivity contribution in [2.24, 2.45) is 4.99 Å². The number of benzene rings is 2. The van der Waals surface area contributed by atoms with Crippen LogP contribution < -0.4 is 5.32 Å². The normalized spacial score (nSPS) is 13.9. The van der Waals surface area contributed by atoms with Crippen LogP contribution in [0.2, 0.25) is 0 Å². The topological polar surface area (TPSA) is 56.7 Å². The van der Waals surface area contributed by atoms with E-state index in [2.05, 4.69) is 127 Å². The van der Waals surface area contributed by atoms with Crippen LogP contribution in [0.25, 0.3) is 11.4 Å². The van der Waals surface area contributed by atoms with Crippen molar-refractivity contribution in [1.29, 1.82) is 0 Å². The summed E-state index contributed by atoms with van der Waals surface area (Å²) in [5, 5.41) is 3.37. The van der Waals surface area contributed by atoms with Crippen LogP contribution in [0.5, 0.6) is 0 Å². The predicted octanol–water partition coefficient (Wildman–Crippen LogP) is 5.94. The third-order valence-electron chi connectivity index (χ3n) is 6.48. The maximum atomic E-state index is 4.90. The second kappa shape index (κ2) is 12.3. The molecule has 4 rings (SSSR count). The van der Waals surface area contributed by atoms with Gasteiger partial charge in [-0.15, -0.1) is 0 Å². The fourth-order valence-corrected chi connectivity index (χ4v) is 4.12. The van der Waals surface area contributed by atoms with Crippen molar-refractivity contribution >= 4 is 24.1 Å². The molecule has 6 nitrogen and oxygen atoms in total. The Morgan fingerprint density at radius 3 is 2.38 bits per heavy atom. The fraction of sp³-hybridized carbons (Fsp3) is 0.258. The number of likely N-dealkylation sites (N-methyl/N-ethyl adjacent to an activating group) is 1. The summed E-state index contributed by atoms with van der Waals surface area (Å²) in [5.74, 6) is 0.574. The number of nitrogens with one attached hydrogen (secondary N) is 1. The SMILES string of the molecule is C=N/C(=C(/c1ccnc(NCc2ccc(C)cc2)n1)N1C=CC(CN(C)CC)=CC1)c1ccc(C)cc1. The minimum atomic E-state index is 0.574. The number of aliphatic imine (C=N–C) groups is 1. The molecule has 0 saturated heterocycles. The molecule has 0 radical (unpaired) electrons. The Kier molecular flexibility index (Phi) is 8.64. The number of hydrogen-bond acceptors (Lipinski definition) is 6. The smallest absolute Gasteiger partial charge is 0.223 e. The van der Waals surface area contributed by atoms with E-state index in [9.17, 15) is 0 Å². The third kappa shape index (κ3) is 6.80. The minimum Gasteiger partial charge on any atom is -0.350 e. The Morgan fingerprint density at radius 1 is 1.05 bits per heavy atom. The van der Waals surface area contributed by atoms with Gasteiger partial charge < -0.3 is 15.1 Å². The molecular weight excluding hydrogens is 456 g/mol. The van der Waals surface area contributed by atoms with E-state index in [1.807, 2.05) is 6.07 Å². The largest absolute Gasteiger partial charge is 0.350 e. The summed E-state index contributed by atoms with van der Waals surface area (Å²) in [6.45, 7) is 13.6. The molecule has 0 saturated carbocycles. The van der Waals surface area contributed by atoms with E-state index in [4.69, 9.17) is 4.98 Å². The summed E-state index contributed by atoms with van der Waals surface area (Å²) in [6, 6.07) is 18.8. The first-order chi connectivity index (χ1) is 18.0. The van der Waals surface area contributed by atoms with Gasteiger partial charge >= 0.3 is 0 Å². The highest BCUT2D eigenvalue weighted by Crippen LogP contribution is 2.31. The second-order valence-corrected chi connectivity index (χ2v) is 9.40. The summed E-state index contributed by atoms with van der Waals surface area (Å²) in [5.41, 5.74) is 8.39. The van der Waals surface area contributed by atoms with Gasteiger partial charge in [-0.25, -0.2) is 9.97 Å². The highest BCUT2D eigenvalue weighted by Gasteiger charge is 2.20. The average molecular weight is 493 g/mol. The van der Waals surface area contributed by atoms with Crippen molar-refractivity contribution in [2.75, 3.05) is 32.0 Å². The van der Waals surface area contributed by atoms with Crippen LogP contribution in [-0.2, 0) is 6.54 Å². The maximum Gasteiger partial charge on any atom is 0.223 e. The maximum absolute atomic E-state index is 4.90. The van der Waals surface area contributed by atoms with Gasteiger partial charge in [0.15, 0.2) is 0 Å². The summed E-state index contributed by atoms with van der Waals surface area (Å²) in [6.07, 6.45) is 8.35. The molecule has 0 fully saturated rings. The molecule has 1 aliphatic rings. The number of aryl methyl sites for hydroxylation is 2. The van der Waals surface area contributed by atoms with Crippen LogP contribution >= 0.6 is 0 Å². The van der Waals surface area contributed by atoms with Gasteiger partial charge in [-0.2, -0.15) is 0 Å². The molecule has 0 spiro atoms. The molecule has 37 heavy (non-hydrogen) atoms. The molecule has 0 unspecified atom stereocenters. The van der Waals surface area contributed by atoms with Gasteiger partial charge in [-0.05, 0) is 57.4 Å². The van der Waals surface area contributed by atoms with Crippen molar-refractivity contribution < 1.29 is 0 Å². The lowest BCUT2D eigenvalue weighted by Gasteiger charge is -2.28. The van der Waals surface area contributed by atoms with E-state index in [1.165, 1.54) is 22.3 Å². The number of nitrogens with zero attached hydrogens (tertiary/aromatic N) is 5. The number of aromatic nitrogens is 2. The van der Waals surface area contributed by atoms with E-state index in [0.717, 1.165) is 42.3 Å². The van der Waals surface area contributed by atoms with Gasteiger partial charge in [0.05, 0.1) is 17.1 Å². The quantitative estimate of drug-likeness (QED) is 0.355. The van der Waals surface area contributed by atoms with E-state index in [-0.39, 0.29) is 0 Å². The molecular formula is C31H36N6. The van der Waals surface area contributed by atoms with Crippen LogP contribution in [-0.4, -0.2) is 53.2 Å². The van der Waals surface area contributed by atoms with Crippen LogP contribution in [0.15, 0.2) is 89.7 Å². The van der Waals surface area contributed by atoms with Crippen molar-refractivity contribution in [3.63, 3.8) is 0 Å². The van der Waals surface area contributed by atoms with Crippen molar-refractivity contribution in [3.8, 4) is 0 Å². The van der Waals surface area contributed by atoms with Crippen LogP contribution in [0.3, 0.4) is 0 Å². The lowest BCUT2D eigenvalue weighted by Crippen LogP contribution is -2.25. The molecule has 1 N–H and O–H groups in total. The molecule has 0 bridgehead atoms. The monoisotopic (exact) mass is 492 g/mol. The molecule has 190 valence electrons. The molecule has 0 aliphatic carbocycles. The highest BCUT2D eigenvalue weighted by molar-refractivity contribution is 5.90. The van der Waals surface area contributed by atoms with Crippen molar-refractivity contribution in [2.45, 2.75) is 27.3 Å². The third-order valence-corrected chi connectivity index (χ3v) is 6.48. The zero-order chi connectivity index (χ0) is 26.2. The Hall–Kier alpha value is -4.03. The first-order valence-electron chi connectivity index (χ1n) is 12.7. The van der Waals surface area contributed by atoms with Crippen LogP contribution in [0.4, 0.5) is 5.95 Å². The molecule has 6 heteroatoms. The van der Waals surface area contributed by atoms with Crippen LogP contribution in [0.1, 0.15) is 34.9 Å². The van der Waals surface area contributed by atoms with Gasteiger partial charge in [0.1, 0.15) is 0 Å². The highest BCUT2D eigenvalue weighted by atomic mass is 15.2. The van der Waals surface area contributed by atoms with Gasteiger partial charge in [0.25, 0.3) is 0 Å². The zero-order valence-corrected chi connectivity index (χ0v) is 22.3. The first-order valence-corrected chi connectivity index (χ1v) is 12.7. The fourth-order valence-electron chi connectivity index (χ4n) is 4.12. The lowest BCUT2D eigenvalue weighted by atomic mass is 10.0. The lowest BCUT2D eigenvalue weighted by molar-refractivity contribution is 0.384. The standard InChI is InChI=1S/C31H36N6/c1-6-36(5)22-26-16-19-37(20-17-26)30(29(32-4)27-13-9-24(3)10-14-27)28-15-18-33-31(35-28)34-21-25-11-7-23(2)8-12-25/h7-19H,4,6,20-22H2,1-3,5H3,(H,33,34,35)/b30-29-. The number of rotatable bonds is 10. The van der Waals surface area contributed by atoms with Crippen molar-refractivity contribution in [3.05, 3.63) is 113 Å². The van der Waals surface area contributed by atoms with E-state index >= 15 is 0 Å². The Morgan fingerprint density at radius 2 is 1.76 bits per heavy atom. The van der Waals surface area contributed by atoms with Gasteiger partial charge in [0, 0.05) is 37.6 Å². The molecule has 0 atom stereocenters. The molecule has 1 aliphatic heterocycles. The summed E-state index contributed by atoms with van der Waals surface area (Å²) in [7, 11) is 2.13. The van der Waals surface area contributed by atoms with Crippen LogP contribution in [0, 0.1) is 13.8 Å². The van der Waals surface area contributed by atoms with Gasteiger partial charge in [-0.3, -0.25) is 4.99 Å². The molecule has 2 heterocycles. The predicted molar refractivity (Wildman–Crippen MR) is 155 cm³/mol. The van der Waals surface area contributed by atoms with Crippen molar-refractivity contribution in [1.82, 2.24) is 19.8 Å². The minimum absolute atomic E-state index is 0.574. The van der Waals surface area contributed by atoms with E-state index in [0.29, 0.717) is 12.5 Å². The molecule has 0 amide bonds. The van der Waals surface area contributed by atoms with Gasteiger partial charge in [-0.1, -0.05) is 72.7 Å². The molecule has 1 aromatic heterocycles. The second-order valence-electron chi connectivity index (χ2n) is 9.40. The summed E-state index contributed by atoms with van der Waals surface area (Å²) < 4.78 is 0. The van der Waals surface area contributed by atoms with Gasteiger partial charge in [0.2, 0.25) is 5.95 Å². The van der Waals surface area contributed by atoms with E-state index in [1.54, 1.807) is 6.20 Å². The summed E-state index contributed by atoms with van der Waals surface area (Å²) in [4.78, 5) is 18.4. The number of hydrogen-bond donors (Lipinski definition) is 1. The zero-order valence-electron chi connectivity index (χ0n) is 22.3. The summed E-state index contributed by atoms with van der Waals surface area (Å²) >= 11 is 0. The number of anilines is 1.